The van der Waals surface area contributed by atoms with E-state index in [9.17, 15) is 44.4 Å². The molecule has 0 radical (unpaired) electrons. The fourth-order valence-corrected chi connectivity index (χ4v) is 4.04. The molecule has 0 saturated carbocycles. The second-order valence-electron chi connectivity index (χ2n) is 8.51. The molecule has 0 spiro atoms. The van der Waals surface area contributed by atoms with Crippen molar-refractivity contribution in [2.45, 2.75) is 5.79 Å². The van der Waals surface area contributed by atoms with Crippen molar-refractivity contribution in [2.75, 3.05) is 0 Å². The molecule has 0 fully saturated rings. The van der Waals surface area contributed by atoms with Crippen LogP contribution in [0.4, 0.5) is 0 Å². The molecule has 0 aromatic heterocycles. The number of ketones is 1. The lowest BCUT2D eigenvalue weighted by atomic mass is 9.92. The minimum absolute atomic E-state index is 0.171. The van der Waals surface area contributed by atoms with E-state index in [1.807, 2.05) is 0 Å². The quantitative estimate of drug-likeness (QED) is 0.162. The lowest BCUT2D eigenvalue weighted by Gasteiger charge is -2.32. The molecule has 3 aromatic rings. The number of Topliss-reactive ketones (excluding diaryl/α,β-unsaturated/α-hetero) is 1. The van der Waals surface area contributed by atoms with Crippen LogP contribution in [0.2, 0.25) is 0 Å². The van der Waals surface area contributed by atoms with Crippen molar-refractivity contribution in [1.29, 1.82) is 0 Å². The molecule has 40 heavy (non-hydrogen) atoms. The van der Waals surface area contributed by atoms with E-state index in [4.69, 9.17) is 9.47 Å². The van der Waals surface area contributed by atoms with Gasteiger partial charge >= 0.3 is 23.9 Å². The molecule has 0 heterocycles. The number of rotatable bonds is 10. The maximum absolute atomic E-state index is 13.0. The van der Waals surface area contributed by atoms with Gasteiger partial charge in [-0.15, -0.1) is 0 Å². The molecule has 0 unspecified atom stereocenters. The van der Waals surface area contributed by atoms with Gasteiger partial charge < -0.3 is 29.9 Å². The molecule has 0 aliphatic heterocycles. The zero-order chi connectivity index (χ0) is 29.0. The van der Waals surface area contributed by atoms with Crippen LogP contribution in [0.1, 0.15) is 51.8 Å². The highest BCUT2D eigenvalue weighted by Gasteiger charge is 2.36. The van der Waals surface area contributed by atoms with Gasteiger partial charge in [-0.05, 0) is 30.3 Å². The van der Waals surface area contributed by atoms with Crippen molar-refractivity contribution >= 4 is 29.7 Å². The number of carboxylic acid groups (broad SMARTS) is 4. The SMILES string of the molecule is O=C(O)c1ccc(OC2(Oc3cccc(C(=O)O)c3C(=O)O)C=CC(C(=O)c3ccccc3)C=C2)cc1C(=O)O. The largest absolute Gasteiger partial charge is 0.478 e. The highest BCUT2D eigenvalue weighted by molar-refractivity contribution is 6.04. The van der Waals surface area contributed by atoms with Crippen LogP contribution in [-0.4, -0.2) is 55.9 Å². The molecule has 1 aliphatic rings. The van der Waals surface area contributed by atoms with E-state index in [1.165, 1.54) is 42.5 Å². The molecule has 11 nitrogen and oxygen atoms in total. The van der Waals surface area contributed by atoms with Gasteiger partial charge in [0.2, 0.25) is 0 Å². The average molecular weight is 544 g/mol. The lowest BCUT2D eigenvalue weighted by molar-refractivity contribution is -0.0302. The van der Waals surface area contributed by atoms with E-state index < -0.39 is 63.6 Å². The number of ether oxygens (including phenoxy) is 2. The molecule has 202 valence electrons. The van der Waals surface area contributed by atoms with Gasteiger partial charge in [0.15, 0.2) is 5.78 Å². The van der Waals surface area contributed by atoms with Crippen LogP contribution < -0.4 is 9.47 Å². The predicted molar refractivity (Wildman–Crippen MR) is 137 cm³/mol. The summed E-state index contributed by atoms with van der Waals surface area (Å²) in [4.78, 5) is 59.7. The smallest absolute Gasteiger partial charge is 0.340 e. The van der Waals surface area contributed by atoms with Gasteiger partial charge in [-0.2, -0.15) is 0 Å². The molecular weight excluding hydrogens is 524 g/mol. The van der Waals surface area contributed by atoms with Gasteiger partial charge in [0, 0.05) is 17.7 Å². The van der Waals surface area contributed by atoms with Gasteiger partial charge in [0.25, 0.3) is 5.79 Å². The molecule has 1 aliphatic carbocycles. The summed E-state index contributed by atoms with van der Waals surface area (Å²) in [5.74, 6) is -9.72. The van der Waals surface area contributed by atoms with Crippen LogP contribution in [0, 0.1) is 5.92 Å². The van der Waals surface area contributed by atoms with Gasteiger partial charge in [0.1, 0.15) is 17.1 Å². The van der Waals surface area contributed by atoms with Crippen molar-refractivity contribution in [1.82, 2.24) is 0 Å². The van der Waals surface area contributed by atoms with E-state index >= 15 is 0 Å². The van der Waals surface area contributed by atoms with E-state index in [0.717, 1.165) is 18.2 Å². The van der Waals surface area contributed by atoms with Crippen molar-refractivity contribution < 1.29 is 53.9 Å². The molecule has 0 amide bonds. The Labute approximate surface area is 225 Å². The Balaban J connectivity index is 1.78. The second-order valence-corrected chi connectivity index (χ2v) is 8.51. The predicted octanol–water partition coefficient (Wildman–Crippen LogP) is 4.26. The standard InChI is InChI=1S/C29H20O11/c30-24(16-5-2-1-3-6-16)17-11-13-29(14-12-17,39-18-9-10-19(25(31)32)21(15-18)27(35)36)40-22-8-4-7-20(26(33)34)23(22)28(37)38/h1-15,17H,(H,31,32)(H,33,34)(H,35,36)(H,37,38). The normalized spacial score (nSPS) is 17.6. The Morgan fingerprint density at radius 1 is 0.625 bits per heavy atom. The van der Waals surface area contributed by atoms with Gasteiger partial charge in [0.05, 0.1) is 22.6 Å². The Bertz CT molecular complexity index is 1570. The Kier molecular flexibility index (Phi) is 7.48. The fourth-order valence-electron chi connectivity index (χ4n) is 4.04. The van der Waals surface area contributed by atoms with E-state index in [-0.39, 0.29) is 11.5 Å². The first-order chi connectivity index (χ1) is 19.0. The summed E-state index contributed by atoms with van der Waals surface area (Å²) in [5.41, 5.74) is -1.89. The van der Waals surface area contributed by atoms with Gasteiger partial charge in [-0.3, -0.25) is 4.79 Å². The van der Waals surface area contributed by atoms with Crippen molar-refractivity contribution in [2.24, 2.45) is 5.92 Å². The summed E-state index contributed by atoms with van der Waals surface area (Å²) in [6, 6.07) is 15.1. The summed E-state index contributed by atoms with van der Waals surface area (Å²) >= 11 is 0. The zero-order valence-electron chi connectivity index (χ0n) is 20.4. The second kappa shape index (κ2) is 11.0. The Morgan fingerprint density at radius 3 is 1.82 bits per heavy atom. The first kappa shape index (κ1) is 27.3. The van der Waals surface area contributed by atoms with Crippen LogP contribution in [0.3, 0.4) is 0 Å². The molecule has 0 saturated heterocycles. The third kappa shape index (κ3) is 5.58. The third-order valence-electron chi connectivity index (χ3n) is 5.90. The van der Waals surface area contributed by atoms with Crippen LogP contribution in [0.5, 0.6) is 11.5 Å². The molecule has 11 heteroatoms. The number of carbonyl (C=O) groups is 5. The first-order valence-corrected chi connectivity index (χ1v) is 11.6. The van der Waals surface area contributed by atoms with E-state index in [1.54, 1.807) is 30.3 Å². The third-order valence-corrected chi connectivity index (χ3v) is 5.90. The maximum Gasteiger partial charge on any atom is 0.340 e. The first-order valence-electron chi connectivity index (χ1n) is 11.6. The van der Waals surface area contributed by atoms with Crippen molar-refractivity contribution in [3.63, 3.8) is 0 Å². The van der Waals surface area contributed by atoms with Crippen LogP contribution >= 0.6 is 0 Å². The number of hydrogen-bond acceptors (Lipinski definition) is 7. The number of hydrogen-bond donors (Lipinski definition) is 4. The topological polar surface area (TPSA) is 185 Å². The van der Waals surface area contributed by atoms with Crippen molar-refractivity contribution in [3.05, 3.63) is 119 Å². The summed E-state index contributed by atoms with van der Waals surface area (Å²) in [7, 11) is 0. The molecule has 0 atom stereocenters. The Morgan fingerprint density at radius 2 is 1.25 bits per heavy atom. The molecule has 4 rings (SSSR count). The van der Waals surface area contributed by atoms with Gasteiger partial charge in [-0.1, -0.05) is 48.6 Å². The fraction of sp³-hybridized carbons (Fsp3) is 0.0690. The van der Waals surface area contributed by atoms with Crippen LogP contribution in [0.15, 0.2) is 91.0 Å². The monoisotopic (exact) mass is 544 g/mol. The minimum Gasteiger partial charge on any atom is -0.478 e. The minimum atomic E-state index is -1.99. The molecule has 3 aromatic carbocycles. The summed E-state index contributed by atoms with van der Waals surface area (Å²) in [5, 5.41) is 38.0. The lowest BCUT2D eigenvalue weighted by Crippen LogP contribution is -2.41. The number of benzene rings is 3. The summed E-state index contributed by atoms with van der Waals surface area (Å²) < 4.78 is 11.9. The van der Waals surface area contributed by atoms with Gasteiger partial charge in [-0.25, -0.2) is 19.2 Å². The highest BCUT2D eigenvalue weighted by Crippen LogP contribution is 2.34. The molecular formula is C29H20O11. The van der Waals surface area contributed by atoms with Crippen LogP contribution in [-0.2, 0) is 0 Å². The van der Waals surface area contributed by atoms with Crippen molar-refractivity contribution in [3.8, 4) is 11.5 Å². The zero-order valence-corrected chi connectivity index (χ0v) is 20.4. The number of allylic oxidation sites excluding steroid dienone is 2. The van der Waals surface area contributed by atoms with E-state index in [2.05, 4.69) is 0 Å². The number of aromatic carboxylic acids is 4. The van der Waals surface area contributed by atoms with Crippen LogP contribution in [0.25, 0.3) is 0 Å². The number of carboxylic acids is 4. The molecule has 4 N–H and O–H groups in total. The average Bonchev–Trinajstić information content (AvgIpc) is 2.93. The molecule has 0 bridgehead atoms. The van der Waals surface area contributed by atoms with E-state index in [0.29, 0.717) is 5.56 Å². The highest BCUT2D eigenvalue weighted by atomic mass is 16.7. The summed E-state index contributed by atoms with van der Waals surface area (Å²) in [6.07, 6.45) is 5.45. The summed E-state index contributed by atoms with van der Waals surface area (Å²) in [6.45, 7) is 0. The Hall–Kier alpha value is -5.71. The maximum atomic E-state index is 13.0. The number of carbonyl (C=O) groups excluding carboxylic acids is 1.